The quantitative estimate of drug-likeness (QED) is 0.735. The molecule has 0 aromatic rings. The second kappa shape index (κ2) is 7.22. The van der Waals surface area contributed by atoms with E-state index in [1.165, 1.54) is 4.18 Å². The van der Waals surface area contributed by atoms with Gasteiger partial charge in [0.15, 0.2) is 0 Å². The van der Waals surface area contributed by atoms with Crippen molar-refractivity contribution in [1.82, 2.24) is 4.90 Å². The fraction of sp³-hybridized carbons (Fsp3) is 1.00. The zero-order valence-electron chi connectivity index (χ0n) is 9.13. The van der Waals surface area contributed by atoms with Gasteiger partial charge in [-0.1, -0.05) is 0 Å². The molecule has 0 heterocycles. The van der Waals surface area contributed by atoms with Crippen molar-refractivity contribution in [1.29, 1.82) is 0 Å². The van der Waals surface area contributed by atoms with Crippen LogP contribution in [0.5, 0.6) is 0 Å². The third-order valence-corrected chi connectivity index (χ3v) is 7.73. The molecule has 0 rings (SSSR count). The first kappa shape index (κ1) is 12.8. The van der Waals surface area contributed by atoms with Gasteiger partial charge in [-0.25, -0.2) is 0 Å². The Morgan fingerprint density at radius 1 is 1.33 bits per heavy atom. The van der Waals surface area contributed by atoms with Crippen molar-refractivity contribution >= 4 is 21.9 Å². The van der Waals surface area contributed by atoms with Crippen LogP contribution in [0.1, 0.15) is 20.3 Å². The van der Waals surface area contributed by atoms with E-state index in [1.807, 2.05) is 0 Å². The predicted molar refractivity (Wildman–Crippen MR) is 55.8 cm³/mol. The first-order valence-corrected chi connectivity index (χ1v) is 11.9. The molecule has 0 aliphatic heterocycles. The molecule has 0 aromatic heterocycles. The van der Waals surface area contributed by atoms with Crippen LogP contribution in [0.4, 0.5) is 0 Å². The van der Waals surface area contributed by atoms with Crippen molar-refractivity contribution < 1.29 is 2.85 Å². The van der Waals surface area contributed by atoms with Crippen molar-refractivity contribution in [2.45, 2.75) is 35.2 Å². The Labute approximate surface area is 85.4 Å². The van der Waals surface area contributed by atoms with Crippen LogP contribution in [-0.4, -0.2) is 53.5 Å². The number of rotatable bonds is 6. The molecule has 0 spiro atoms. The monoisotopic (exact) mass is 275 g/mol. The number of likely N-dealkylation sites (N-methyl/N-ethyl adjacent to an activating group) is 1. The van der Waals surface area contributed by atoms with E-state index in [4.69, 9.17) is 2.85 Å². The molecule has 0 N–H and O–H groups in total. The molecule has 72 valence electrons. The van der Waals surface area contributed by atoms with Crippen LogP contribution in [0.25, 0.3) is 0 Å². The average Bonchev–Trinajstić information content (AvgIpc) is 2.02. The van der Waals surface area contributed by atoms with Gasteiger partial charge in [-0.2, -0.15) is 0 Å². The first-order valence-electron chi connectivity index (χ1n) is 4.90. The summed E-state index contributed by atoms with van der Waals surface area (Å²) in [6.45, 7) is 5.54. The van der Waals surface area contributed by atoms with Gasteiger partial charge in [-0.05, 0) is 0 Å². The minimum absolute atomic E-state index is 0.491. The van der Waals surface area contributed by atoms with E-state index in [0.717, 1.165) is 13.0 Å². The molecular weight excluding hydrogens is 253 g/mol. The van der Waals surface area contributed by atoms with Gasteiger partial charge in [-0.15, -0.1) is 0 Å². The van der Waals surface area contributed by atoms with Gasteiger partial charge in [0, 0.05) is 0 Å². The number of hydrogen-bond acceptors (Lipinski definition) is 2. The molecule has 0 saturated heterocycles. The molecule has 3 heteroatoms. The summed E-state index contributed by atoms with van der Waals surface area (Å²) in [6, 6.07) is 0. The Morgan fingerprint density at radius 2 is 1.92 bits per heavy atom. The van der Waals surface area contributed by atoms with Crippen LogP contribution in [0.2, 0.25) is 8.86 Å². The van der Waals surface area contributed by atoms with Crippen LogP contribution < -0.4 is 0 Å². The Morgan fingerprint density at radius 3 is 2.25 bits per heavy atom. The van der Waals surface area contributed by atoms with Gasteiger partial charge in [0.25, 0.3) is 0 Å². The Balaban J connectivity index is 3.66. The maximum atomic E-state index is 6.03. The van der Waals surface area contributed by atoms with E-state index in [9.17, 15) is 0 Å². The van der Waals surface area contributed by atoms with Gasteiger partial charge in [-0.3, -0.25) is 0 Å². The first-order chi connectivity index (χ1) is 5.60. The summed E-state index contributed by atoms with van der Waals surface area (Å²) >= 11 is -1.48. The molecule has 0 radical (unpaired) electrons. The van der Waals surface area contributed by atoms with E-state index in [0.29, 0.717) is 6.10 Å². The summed E-state index contributed by atoms with van der Waals surface area (Å²) < 4.78 is 9.69. The summed E-state index contributed by atoms with van der Waals surface area (Å²) in [5, 5.41) is 0. The fourth-order valence-electron chi connectivity index (χ4n) is 1.10. The van der Waals surface area contributed by atoms with Gasteiger partial charge >= 0.3 is 85.5 Å². The summed E-state index contributed by atoms with van der Waals surface area (Å²) in [6.07, 6.45) is 1.64. The zero-order chi connectivity index (χ0) is 9.56. The molecular formula is C9H22InNO. The molecule has 0 aliphatic rings. The molecule has 0 amide bonds. The fourth-order valence-corrected chi connectivity index (χ4v) is 4.32. The summed E-state index contributed by atoms with van der Waals surface area (Å²) in [5.41, 5.74) is 0. The Hall–Kier alpha value is 0.790. The van der Waals surface area contributed by atoms with Crippen LogP contribution in [0.15, 0.2) is 0 Å². The topological polar surface area (TPSA) is 12.5 Å². The molecule has 1 atom stereocenters. The molecule has 0 aliphatic carbocycles. The molecule has 2 nitrogen and oxygen atoms in total. The van der Waals surface area contributed by atoms with Crippen molar-refractivity contribution in [3.63, 3.8) is 0 Å². The summed E-state index contributed by atoms with van der Waals surface area (Å²) in [5.74, 6) is 0. The van der Waals surface area contributed by atoms with E-state index in [1.54, 1.807) is 0 Å². The molecule has 0 saturated carbocycles. The summed E-state index contributed by atoms with van der Waals surface area (Å²) in [7, 11) is 4.22. The second-order valence-corrected chi connectivity index (χ2v) is 11.4. The van der Waals surface area contributed by atoms with E-state index in [-0.39, 0.29) is 0 Å². The molecule has 0 fully saturated rings. The van der Waals surface area contributed by atoms with Crippen LogP contribution in [-0.2, 0) is 2.85 Å². The van der Waals surface area contributed by atoms with Crippen molar-refractivity contribution in [3.05, 3.63) is 0 Å². The second-order valence-electron chi connectivity index (χ2n) is 3.65. The van der Waals surface area contributed by atoms with Gasteiger partial charge in [0.2, 0.25) is 0 Å². The minimum atomic E-state index is -1.48. The van der Waals surface area contributed by atoms with Crippen LogP contribution >= 0.6 is 0 Å². The van der Waals surface area contributed by atoms with E-state index < -0.39 is 21.9 Å². The van der Waals surface area contributed by atoms with Gasteiger partial charge in [0.05, 0.1) is 0 Å². The molecule has 1 unspecified atom stereocenters. The van der Waals surface area contributed by atoms with Gasteiger partial charge in [0.1, 0.15) is 0 Å². The third kappa shape index (κ3) is 6.32. The molecule has 0 aromatic carbocycles. The van der Waals surface area contributed by atoms with Crippen LogP contribution in [0.3, 0.4) is 0 Å². The predicted octanol–water partition coefficient (Wildman–Crippen LogP) is 1.98. The number of hydrogen-bond donors (Lipinski definition) is 0. The molecule has 0 bridgehead atoms. The van der Waals surface area contributed by atoms with Crippen molar-refractivity contribution in [2.24, 2.45) is 0 Å². The maximum absolute atomic E-state index is 6.03. The third-order valence-electron chi connectivity index (χ3n) is 2.02. The van der Waals surface area contributed by atoms with E-state index >= 15 is 0 Å². The van der Waals surface area contributed by atoms with Crippen LogP contribution in [0, 0.1) is 0 Å². The SMILES string of the molecule is CCC(CN(C)C)[O][In]([CH3])[CH2]C. The van der Waals surface area contributed by atoms with E-state index in [2.05, 4.69) is 37.5 Å². The Kier molecular flexibility index (Phi) is 7.69. The summed E-state index contributed by atoms with van der Waals surface area (Å²) in [4.78, 5) is 2.21. The molecule has 12 heavy (non-hydrogen) atoms. The standard InChI is InChI=1S/C6H14NO.C2H5.CH3.In/c1-4-6(8)5-7(2)3;1-2;;/h6H,4-5H2,1-3H3;1H2,2H3;1H3;/q-1;;;+1. The normalized spacial score (nSPS) is 13.5. The number of nitrogens with zero attached hydrogens (tertiary/aromatic N) is 1. The van der Waals surface area contributed by atoms with Crippen molar-refractivity contribution in [2.75, 3.05) is 20.6 Å². The Bertz CT molecular complexity index is 109. The van der Waals surface area contributed by atoms with Gasteiger partial charge < -0.3 is 0 Å². The average molecular weight is 275 g/mol. The zero-order valence-corrected chi connectivity index (χ0v) is 12.4. The van der Waals surface area contributed by atoms with Crippen molar-refractivity contribution in [3.8, 4) is 0 Å².